The highest BCUT2D eigenvalue weighted by atomic mass is 32.2. The summed E-state index contributed by atoms with van der Waals surface area (Å²) in [5, 5.41) is -0.169. The second-order valence-corrected chi connectivity index (χ2v) is 11.2. The van der Waals surface area contributed by atoms with E-state index in [9.17, 15) is 16.8 Å². The van der Waals surface area contributed by atoms with Crippen molar-refractivity contribution in [2.24, 2.45) is 5.92 Å². The fraction of sp³-hybridized carbons (Fsp3) is 0.647. The number of hydrogen-bond acceptors (Lipinski definition) is 4. The first-order valence-corrected chi connectivity index (χ1v) is 11.9. The molecule has 25 heavy (non-hydrogen) atoms. The summed E-state index contributed by atoms with van der Waals surface area (Å²) in [5.41, 5.74) is 1.87. The van der Waals surface area contributed by atoms with Gasteiger partial charge in [-0.15, -0.1) is 0 Å². The molecule has 140 valence electrons. The molecule has 0 amide bonds. The number of nitrogens with one attached hydrogen (secondary N) is 1. The molecule has 0 aromatic heterocycles. The van der Waals surface area contributed by atoms with Gasteiger partial charge < -0.3 is 0 Å². The Kier molecular flexibility index (Phi) is 5.53. The number of nitrogens with zero attached hydrogens (tertiary/aromatic N) is 1. The Labute approximate surface area is 150 Å². The average molecular weight is 387 g/mol. The van der Waals surface area contributed by atoms with Gasteiger partial charge in [0.15, 0.2) is 0 Å². The predicted molar refractivity (Wildman–Crippen MR) is 98.0 cm³/mol. The van der Waals surface area contributed by atoms with E-state index in [1.54, 1.807) is 4.31 Å². The van der Waals surface area contributed by atoms with Gasteiger partial charge in [-0.05, 0) is 44.1 Å². The summed E-state index contributed by atoms with van der Waals surface area (Å²) in [4.78, 5) is 0. The molecule has 1 saturated carbocycles. The molecule has 6 nitrogen and oxygen atoms in total. The Morgan fingerprint density at radius 1 is 1.00 bits per heavy atom. The molecule has 1 aromatic rings. The fourth-order valence-electron chi connectivity index (χ4n) is 3.14. The zero-order valence-electron chi connectivity index (χ0n) is 14.5. The van der Waals surface area contributed by atoms with Crippen LogP contribution in [-0.2, 0) is 25.8 Å². The first kappa shape index (κ1) is 18.8. The van der Waals surface area contributed by atoms with E-state index in [4.69, 9.17) is 0 Å². The van der Waals surface area contributed by atoms with Crippen molar-refractivity contribution in [3.63, 3.8) is 0 Å². The number of aryl methyl sites for hydroxylation is 1. The monoisotopic (exact) mass is 386 g/mol. The molecule has 8 heteroatoms. The number of hydrogen-bond donors (Lipinski definition) is 1. The lowest BCUT2D eigenvalue weighted by Crippen LogP contribution is -2.42. The zero-order chi connectivity index (χ0) is 18.1. The van der Waals surface area contributed by atoms with Crippen molar-refractivity contribution in [2.45, 2.75) is 43.6 Å². The molecule has 1 saturated heterocycles. The summed E-state index contributed by atoms with van der Waals surface area (Å²) in [6.07, 6.45) is 2.97. The SMILES string of the molecule is Cc1ccc(CS(=O)(=O)NCC2CCN(S(=O)(=O)C3CC3)CC2)cc1. The second-order valence-electron chi connectivity index (χ2n) is 7.18. The van der Waals surface area contributed by atoms with Gasteiger partial charge >= 0.3 is 0 Å². The zero-order valence-corrected chi connectivity index (χ0v) is 16.2. The Morgan fingerprint density at radius 3 is 2.16 bits per heavy atom. The molecule has 3 rings (SSSR count). The third kappa shape index (κ3) is 5.03. The van der Waals surface area contributed by atoms with Crippen LogP contribution in [0.1, 0.15) is 36.8 Å². The van der Waals surface area contributed by atoms with Gasteiger partial charge in [0.25, 0.3) is 0 Å². The van der Waals surface area contributed by atoms with E-state index in [0.717, 1.165) is 24.0 Å². The van der Waals surface area contributed by atoms with Gasteiger partial charge in [-0.2, -0.15) is 0 Å². The van der Waals surface area contributed by atoms with Crippen LogP contribution in [0.2, 0.25) is 0 Å². The minimum Gasteiger partial charge on any atom is -0.215 e. The highest BCUT2D eigenvalue weighted by Gasteiger charge is 2.41. The molecule has 0 bridgehead atoms. The lowest BCUT2D eigenvalue weighted by molar-refractivity contribution is 0.274. The molecule has 1 heterocycles. The average Bonchev–Trinajstić information content (AvgIpc) is 3.41. The van der Waals surface area contributed by atoms with Crippen LogP contribution in [0.4, 0.5) is 0 Å². The van der Waals surface area contributed by atoms with E-state index in [0.29, 0.717) is 32.5 Å². The molecular weight excluding hydrogens is 360 g/mol. The second kappa shape index (κ2) is 7.34. The van der Waals surface area contributed by atoms with Gasteiger partial charge in [-0.1, -0.05) is 29.8 Å². The highest BCUT2D eigenvalue weighted by Crippen LogP contribution is 2.33. The van der Waals surface area contributed by atoms with E-state index >= 15 is 0 Å². The summed E-state index contributed by atoms with van der Waals surface area (Å²) < 4.78 is 53.2. The molecule has 1 aliphatic heterocycles. The van der Waals surface area contributed by atoms with E-state index in [1.807, 2.05) is 31.2 Å². The number of rotatable bonds is 7. The summed E-state index contributed by atoms with van der Waals surface area (Å²) in [7, 11) is -6.48. The smallest absolute Gasteiger partial charge is 0.215 e. The van der Waals surface area contributed by atoms with Crippen LogP contribution in [0.5, 0.6) is 0 Å². The maximum Gasteiger partial charge on any atom is 0.216 e. The Bertz CT molecular complexity index is 792. The molecule has 1 N–H and O–H groups in total. The van der Waals surface area contributed by atoms with E-state index < -0.39 is 20.0 Å². The van der Waals surface area contributed by atoms with Gasteiger partial charge in [0.1, 0.15) is 0 Å². The summed E-state index contributed by atoms with van der Waals surface area (Å²) in [5.74, 6) is 0.167. The van der Waals surface area contributed by atoms with Crippen LogP contribution in [0.3, 0.4) is 0 Å². The molecule has 0 radical (unpaired) electrons. The lowest BCUT2D eigenvalue weighted by Gasteiger charge is -2.31. The lowest BCUT2D eigenvalue weighted by atomic mass is 9.99. The molecule has 0 atom stereocenters. The number of piperidine rings is 1. The quantitative estimate of drug-likeness (QED) is 0.772. The molecule has 1 aromatic carbocycles. The van der Waals surface area contributed by atoms with Gasteiger partial charge in [-0.25, -0.2) is 25.9 Å². The third-order valence-corrected chi connectivity index (χ3v) is 8.67. The highest BCUT2D eigenvalue weighted by molar-refractivity contribution is 7.90. The van der Waals surface area contributed by atoms with Crippen molar-refractivity contribution < 1.29 is 16.8 Å². The normalized spacial score (nSPS) is 20.7. The topological polar surface area (TPSA) is 83.6 Å². The van der Waals surface area contributed by atoms with Crippen molar-refractivity contribution in [3.8, 4) is 0 Å². The largest absolute Gasteiger partial charge is 0.216 e. The minimum atomic E-state index is -3.37. The molecule has 2 aliphatic rings. The Morgan fingerprint density at radius 2 is 1.60 bits per heavy atom. The van der Waals surface area contributed by atoms with Crippen molar-refractivity contribution in [2.75, 3.05) is 19.6 Å². The summed E-state index contributed by atoms with van der Waals surface area (Å²) in [6, 6.07) is 7.47. The van der Waals surface area contributed by atoms with Crippen LogP contribution in [0.15, 0.2) is 24.3 Å². The molecule has 0 spiro atoms. The molecule has 1 aliphatic carbocycles. The van der Waals surface area contributed by atoms with E-state index in [2.05, 4.69) is 4.72 Å². The fourth-order valence-corrected chi connectivity index (χ4v) is 6.24. The van der Waals surface area contributed by atoms with Gasteiger partial charge in [0.05, 0.1) is 11.0 Å². The van der Waals surface area contributed by atoms with Crippen LogP contribution in [0.25, 0.3) is 0 Å². The number of sulfonamides is 2. The molecular formula is C17H26N2O4S2. The first-order valence-electron chi connectivity index (χ1n) is 8.78. The van der Waals surface area contributed by atoms with Gasteiger partial charge in [0, 0.05) is 19.6 Å². The van der Waals surface area contributed by atoms with E-state index in [1.165, 1.54) is 0 Å². The number of benzene rings is 1. The van der Waals surface area contributed by atoms with Crippen molar-refractivity contribution in [1.82, 2.24) is 9.03 Å². The summed E-state index contributed by atoms with van der Waals surface area (Å²) >= 11 is 0. The summed E-state index contributed by atoms with van der Waals surface area (Å²) in [6.45, 7) is 3.35. The Hall–Kier alpha value is -0.960. The van der Waals surface area contributed by atoms with Crippen molar-refractivity contribution in [3.05, 3.63) is 35.4 Å². The standard InChI is InChI=1S/C17H26N2O4S2/c1-14-2-4-16(5-3-14)13-24(20,21)18-12-15-8-10-19(11-9-15)25(22,23)17-6-7-17/h2-5,15,17-18H,6-13H2,1H3. The van der Waals surface area contributed by atoms with Gasteiger partial charge in [-0.3, -0.25) is 0 Å². The Balaban J connectivity index is 1.46. The molecule has 0 unspecified atom stereocenters. The van der Waals surface area contributed by atoms with Crippen LogP contribution in [-0.4, -0.2) is 46.0 Å². The maximum atomic E-state index is 12.2. The van der Waals surface area contributed by atoms with Crippen molar-refractivity contribution >= 4 is 20.0 Å². The molecule has 2 fully saturated rings. The van der Waals surface area contributed by atoms with Crippen LogP contribution >= 0.6 is 0 Å². The van der Waals surface area contributed by atoms with Crippen LogP contribution in [0, 0.1) is 12.8 Å². The predicted octanol–water partition coefficient (Wildman–Crippen LogP) is 1.62. The minimum absolute atomic E-state index is 0.0256. The van der Waals surface area contributed by atoms with Crippen molar-refractivity contribution in [1.29, 1.82) is 0 Å². The van der Waals surface area contributed by atoms with Gasteiger partial charge in [0.2, 0.25) is 20.0 Å². The van der Waals surface area contributed by atoms with E-state index in [-0.39, 0.29) is 16.9 Å². The first-order chi connectivity index (χ1) is 11.8. The van der Waals surface area contributed by atoms with Crippen LogP contribution < -0.4 is 4.72 Å². The third-order valence-electron chi connectivity index (χ3n) is 4.95. The maximum absolute atomic E-state index is 12.2.